The molecule has 0 atom stereocenters. The summed E-state index contributed by atoms with van der Waals surface area (Å²) < 4.78 is 17.0. The van der Waals surface area contributed by atoms with E-state index in [1.54, 1.807) is 34.1 Å². The minimum absolute atomic E-state index is 0.0601. The summed E-state index contributed by atoms with van der Waals surface area (Å²) in [6.07, 6.45) is 5.52. The Morgan fingerprint density at radius 3 is 2.62 bits per heavy atom. The molecule has 11 heteroatoms. The van der Waals surface area contributed by atoms with Crippen molar-refractivity contribution in [3.8, 4) is 17.2 Å². The molecule has 0 aliphatic carbocycles. The van der Waals surface area contributed by atoms with Gasteiger partial charge in [-0.1, -0.05) is 43.1 Å². The number of nitrogens with one attached hydrogen (secondary N) is 1. The van der Waals surface area contributed by atoms with Gasteiger partial charge in [0.15, 0.2) is 11.5 Å². The highest BCUT2D eigenvalue weighted by Gasteiger charge is 2.27. The highest BCUT2D eigenvalue weighted by Crippen LogP contribution is 2.40. The fourth-order valence-electron chi connectivity index (χ4n) is 5.51. The third kappa shape index (κ3) is 8.16. The van der Waals surface area contributed by atoms with Crippen LogP contribution in [-0.4, -0.2) is 82.6 Å². The van der Waals surface area contributed by atoms with E-state index in [0.717, 1.165) is 41.3 Å². The maximum atomic E-state index is 13.6. The lowest BCUT2D eigenvalue weighted by Gasteiger charge is -2.24. The van der Waals surface area contributed by atoms with Crippen LogP contribution in [-0.2, 0) is 20.7 Å². The number of aromatic hydroxyl groups is 1. The molecule has 0 saturated carbocycles. The number of nitrogens with zero attached hydrogens (tertiary/aromatic N) is 2. The molecule has 45 heavy (non-hydrogen) atoms. The molecule has 236 valence electrons. The van der Waals surface area contributed by atoms with Crippen LogP contribution in [0.4, 0.5) is 11.4 Å². The molecule has 1 aliphatic rings. The van der Waals surface area contributed by atoms with Crippen LogP contribution in [0.1, 0.15) is 41.6 Å². The van der Waals surface area contributed by atoms with Gasteiger partial charge < -0.3 is 34.4 Å². The van der Waals surface area contributed by atoms with Gasteiger partial charge in [-0.15, -0.1) is 6.58 Å². The van der Waals surface area contributed by atoms with E-state index in [1.165, 1.54) is 7.11 Å². The van der Waals surface area contributed by atoms with Gasteiger partial charge in [0, 0.05) is 43.6 Å². The van der Waals surface area contributed by atoms with Crippen LogP contribution in [0.25, 0.3) is 10.8 Å². The van der Waals surface area contributed by atoms with Crippen LogP contribution in [0.5, 0.6) is 17.2 Å². The summed E-state index contributed by atoms with van der Waals surface area (Å²) in [7, 11) is 7.12. The first-order chi connectivity index (χ1) is 21.9. The molecule has 0 fully saturated rings. The molecule has 2 N–H and O–H groups in total. The monoisotopic (exact) mass is 613 g/mol. The van der Waals surface area contributed by atoms with E-state index in [0.29, 0.717) is 63.5 Å². The Hall–Kier alpha value is -4.51. The molecular weight excluding hydrogens is 573 g/mol. The number of ether oxygens (including phenoxy) is 3. The average Bonchev–Trinajstić information content (AvgIpc) is 3.48. The van der Waals surface area contributed by atoms with Crippen LogP contribution >= 0.6 is 0 Å². The molecule has 4 rings (SSSR count). The standard InChI is InChI=1S/C34H40BN3O7/c1-3-17-44-19-16-37(14-7-6-13-35)34(42)27-20-31(43-2)32(21-28(27)36-23-39)45-18-8-11-33(41)38-15-12-25-24-9-4-5-10-26(24)30(40)22-29(25)38/h3-5,9-10,20-23,40H,1,6-8,11-19H2,2H3,(H,36,39). The summed E-state index contributed by atoms with van der Waals surface area (Å²) in [6, 6.07) is 12.4. The lowest BCUT2D eigenvalue weighted by Crippen LogP contribution is -2.35. The van der Waals surface area contributed by atoms with Crippen molar-refractivity contribution < 1.29 is 33.7 Å². The molecular formula is C34H40BN3O7. The number of hydrogen-bond donors (Lipinski definition) is 2. The number of phenols is 1. The van der Waals surface area contributed by atoms with E-state index in [-0.39, 0.29) is 41.8 Å². The second-order valence-corrected chi connectivity index (χ2v) is 10.6. The van der Waals surface area contributed by atoms with Crippen molar-refractivity contribution in [2.75, 3.05) is 56.8 Å². The second kappa shape index (κ2) is 16.5. The highest BCUT2D eigenvalue weighted by molar-refractivity contribution is 6.08. The van der Waals surface area contributed by atoms with E-state index < -0.39 is 0 Å². The Balaban J connectivity index is 1.42. The van der Waals surface area contributed by atoms with Crippen molar-refractivity contribution in [2.24, 2.45) is 0 Å². The minimum Gasteiger partial charge on any atom is -0.507 e. The van der Waals surface area contributed by atoms with Gasteiger partial charge in [-0.3, -0.25) is 14.4 Å². The lowest BCUT2D eigenvalue weighted by molar-refractivity contribution is -0.118. The van der Waals surface area contributed by atoms with E-state index >= 15 is 0 Å². The van der Waals surface area contributed by atoms with E-state index in [1.807, 2.05) is 24.3 Å². The number of amides is 3. The number of benzene rings is 3. The van der Waals surface area contributed by atoms with Gasteiger partial charge in [0.25, 0.3) is 5.91 Å². The van der Waals surface area contributed by atoms with Gasteiger partial charge in [0.05, 0.1) is 51.7 Å². The molecule has 0 bridgehead atoms. The summed E-state index contributed by atoms with van der Waals surface area (Å²) in [5.74, 6) is 0.453. The van der Waals surface area contributed by atoms with E-state index in [4.69, 9.17) is 22.1 Å². The minimum atomic E-state index is -0.293. The summed E-state index contributed by atoms with van der Waals surface area (Å²) in [4.78, 5) is 41.7. The van der Waals surface area contributed by atoms with Gasteiger partial charge in [0.1, 0.15) is 5.75 Å². The topological polar surface area (TPSA) is 118 Å². The normalized spacial score (nSPS) is 12.1. The van der Waals surface area contributed by atoms with Crippen LogP contribution in [0, 0.1) is 0 Å². The van der Waals surface area contributed by atoms with E-state index in [2.05, 4.69) is 11.9 Å². The summed E-state index contributed by atoms with van der Waals surface area (Å²) in [5, 5.41) is 14.9. The third-order valence-corrected chi connectivity index (χ3v) is 7.74. The van der Waals surface area contributed by atoms with Gasteiger partial charge in [-0.2, -0.15) is 0 Å². The largest absolute Gasteiger partial charge is 0.507 e. The number of carbonyl (C=O) groups excluding carboxylic acids is 3. The zero-order chi connectivity index (χ0) is 32.2. The third-order valence-electron chi connectivity index (χ3n) is 7.74. The van der Waals surface area contributed by atoms with Crippen LogP contribution in [0.3, 0.4) is 0 Å². The second-order valence-electron chi connectivity index (χ2n) is 10.6. The molecule has 3 aromatic rings. The smallest absolute Gasteiger partial charge is 0.256 e. The predicted molar refractivity (Wildman–Crippen MR) is 176 cm³/mol. The fourth-order valence-corrected chi connectivity index (χ4v) is 5.51. The lowest BCUT2D eigenvalue weighted by atomic mass is 10.0. The van der Waals surface area contributed by atoms with Crippen LogP contribution < -0.4 is 19.7 Å². The first-order valence-corrected chi connectivity index (χ1v) is 15.2. The first-order valence-electron chi connectivity index (χ1n) is 15.2. The number of anilines is 2. The molecule has 0 spiro atoms. The van der Waals surface area contributed by atoms with Crippen molar-refractivity contribution in [1.82, 2.24) is 4.90 Å². The number of carbonyl (C=O) groups is 3. The molecule has 1 aliphatic heterocycles. The Kier molecular flexibility index (Phi) is 12.3. The molecule has 0 aromatic heterocycles. The van der Waals surface area contributed by atoms with Gasteiger partial charge in [-0.05, 0) is 36.3 Å². The molecule has 10 nitrogen and oxygen atoms in total. The number of phenolic OH excluding ortho intramolecular Hbond substituents is 1. The summed E-state index contributed by atoms with van der Waals surface area (Å²) in [5.41, 5.74) is 2.33. The highest BCUT2D eigenvalue weighted by atomic mass is 16.5. The molecule has 0 saturated heterocycles. The van der Waals surface area contributed by atoms with Crippen molar-refractivity contribution in [2.45, 2.75) is 38.4 Å². The summed E-state index contributed by atoms with van der Waals surface area (Å²) >= 11 is 0. The Morgan fingerprint density at radius 2 is 1.89 bits per heavy atom. The van der Waals surface area contributed by atoms with Crippen molar-refractivity contribution in [3.63, 3.8) is 0 Å². The average molecular weight is 614 g/mol. The molecule has 0 unspecified atom stereocenters. The quantitative estimate of drug-likeness (QED) is 0.0909. The van der Waals surface area contributed by atoms with Gasteiger partial charge in [0.2, 0.25) is 12.3 Å². The summed E-state index contributed by atoms with van der Waals surface area (Å²) in [6.45, 7) is 5.92. The number of unbranched alkanes of at least 4 members (excludes halogenated alkanes) is 1. The van der Waals surface area contributed by atoms with Gasteiger partial charge >= 0.3 is 0 Å². The number of fused-ring (bicyclic) bond motifs is 3. The van der Waals surface area contributed by atoms with Crippen LogP contribution in [0.15, 0.2) is 55.1 Å². The number of methoxy groups -OCH3 is 1. The van der Waals surface area contributed by atoms with Gasteiger partial charge in [-0.25, -0.2) is 0 Å². The first kappa shape index (κ1) is 33.4. The number of hydrogen-bond acceptors (Lipinski definition) is 7. The van der Waals surface area contributed by atoms with Crippen molar-refractivity contribution in [3.05, 3.63) is 66.2 Å². The predicted octanol–water partition coefficient (Wildman–Crippen LogP) is 4.88. The Morgan fingerprint density at radius 1 is 1.09 bits per heavy atom. The van der Waals surface area contributed by atoms with E-state index in [9.17, 15) is 19.5 Å². The maximum absolute atomic E-state index is 13.6. The SMILES string of the molecule is [B]CCCCN(CCOCC=C)C(=O)c1cc(OC)c(OCCCC(=O)N2CCc3c2cc(O)c2ccccc32)cc1NC=O. The fraction of sp³-hybridized carbons (Fsp3) is 0.382. The maximum Gasteiger partial charge on any atom is 0.256 e. The van der Waals surface area contributed by atoms with Crippen LogP contribution in [0.2, 0.25) is 6.32 Å². The van der Waals surface area contributed by atoms with Crippen molar-refractivity contribution >= 4 is 48.2 Å². The molecule has 1 heterocycles. The molecule has 3 aromatic carbocycles. The Labute approximate surface area is 265 Å². The molecule has 2 radical (unpaired) electrons. The number of rotatable bonds is 18. The molecule has 3 amide bonds. The van der Waals surface area contributed by atoms with Crippen molar-refractivity contribution in [1.29, 1.82) is 0 Å². The Bertz CT molecular complexity index is 1510. The zero-order valence-corrected chi connectivity index (χ0v) is 25.8. The zero-order valence-electron chi connectivity index (χ0n) is 25.8.